The number of alkyl halides is 2. The largest absolute Gasteiger partial charge is 0.395 e. The maximum absolute atomic E-state index is 12.5. The molecule has 2 rings (SSSR count). The molecule has 0 aromatic carbocycles. The third-order valence-corrected chi connectivity index (χ3v) is 4.05. The van der Waals surface area contributed by atoms with Crippen molar-refractivity contribution in [3.63, 3.8) is 0 Å². The predicted octanol–water partition coefficient (Wildman–Crippen LogP) is 3.21. The van der Waals surface area contributed by atoms with Gasteiger partial charge in [-0.15, -0.1) is 11.3 Å². The minimum atomic E-state index is -2.67. The first-order valence-corrected chi connectivity index (χ1v) is 7.79. The lowest BCUT2D eigenvalue weighted by atomic mass is 10.2. The molecule has 0 radical (unpaired) electrons. The van der Waals surface area contributed by atoms with E-state index in [1.807, 2.05) is 19.1 Å². The summed E-state index contributed by atoms with van der Waals surface area (Å²) in [6.45, 7) is 0.676. The molecule has 0 spiro atoms. The Morgan fingerprint density at radius 2 is 2.22 bits per heavy atom. The van der Waals surface area contributed by atoms with Gasteiger partial charge < -0.3 is 15.3 Å². The van der Waals surface area contributed by atoms with Crippen LogP contribution in [0.1, 0.15) is 4.88 Å². The number of carbonyl (C=O) groups excluding carboxylic acids is 1. The van der Waals surface area contributed by atoms with Crippen LogP contribution in [0.15, 0.2) is 30.5 Å². The molecule has 2 N–H and O–H groups in total. The summed E-state index contributed by atoms with van der Waals surface area (Å²) in [5.74, 6) is 0. The van der Waals surface area contributed by atoms with Crippen molar-refractivity contribution in [2.75, 3.05) is 25.0 Å². The van der Waals surface area contributed by atoms with E-state index < -0.39 is 19.0 Å². The second-order valence-corrected chi connectivity index (χ2v) is 6.09. The molecule has 8 heteroatoms. The monoisotopic (exact) mass is 341 g/mol. The second-order valence-electron chi connectivity index (χ2n) is 4.80. The number of anilines is 1. The minimum absolute atomic E-state index is 0.163. The molecule has 124 valence electrons. The lowest BCUT2D eigenvalue weighted by Gasteiger charge is -2.22. The van der Waals surface area contributed by atoms with Crippen LogP contribution in [0.3, 0.4) is 0 Å². The number of urea groups is 1. The zero-order chi connectivity index (χ0) is 16.8. The fourth-order valence-corrected chi connectivity index (χ4v) is 2.90. The van der Waals surface area contributed by atoms with E-state index in [1.165, 1.54) is 11.3 Å². The van der Waals surface area contributed by atoms with Crippen LogP contribution in [-0.4, -0.2) is 47.1 Å². The number of thiophene rings is 1. The fourth-order valence-electron chi connectivity index (χ4n) is 2.02. The first-order valence-electron chi connectivity index (χ1n) is 6.98. The molecule has 0 aliphatic heterocycles. The topological polar surface area (TPSA) is 65.5 Å². The van der Waals surface area contributed by atoms with E-state index in [0.717, 1.165) is 14.7 Å². The molecule has 23 heavy (non-hydrogen) atoms. The number of pyridine rings is 1. The average molecular weight is 341 g/mol. The highest BCUT2D eigenvalue weighted by atomic mass is 32.1. The van der Waals surface area contributed by atoms with Gasteiger partial charge in [-0.3, -0.25) is 4.98 Å². The van der Waals surface area contributed by atoms with Crippen LogP contribution in [0.25, 0.3) is 10.6 Å². The van der Waals surface area contributed by atoms with Crippen LogP contribution < -0.4 is 5.32 Å². The Hall–Kier alpha value is -2.06. The Morgan fingerprint density at radius 3 is 2.83 bits per heavy atom. The fraction of sp³-hybridized carbons (Fsp3) is 0.333. The van der Waals surface area contributed by atoms with E-state index in [9.17, 15) is 13.6 Å². The molecule has 0 fully saturated rings. The van der Waals surface area contributed by atoms with Crippen LogP contribution in [0, 0.1) is 6.92 Å². The highest BCUT2D eigenvalue weighted by Crippen LogP contribution is 2.31. The molecule has 0 unspecified atom stereocenters. The summed E-state index contributed by atoms with van der Waals surface area (Å²) in [5.41, 5.74) is 1.02. The number of rotatable bonds is 6. The van der Waals surface area contributed by atoms with Gasteiger partial charge >= 0.3 is 6.03 Å². The Kier molecular flexibility index (Phi) is 6.00. The number of aliphatic hydroxyl groups is 1. The van der Waals surface area contributed by atoms with Crippen molar-refractivity contribution in [2.24, 2.45) is 0 Å². The summed E-state index contributed by atoms with van der Waals surface area (Å²) in [6, 6.07) is 6.46. The van der Waals surface area contributed by atoms with Crippen LogP contribution in [-0.2, 0) is 0 Å². The Labute approximate surface area is 136 Å². The highest BCUT2D eigenvalue weighted by molar-refractivity contribution is 7.15. The average Bonchev–Trinajstić information content (AvgIpc) is 2.93. The molecule has 2 aromatic rings. The summed E-state index contributed by atoms with van der Waals surface area (Å²) in [4.78, 5) is 19.3. The molecule has 2 amide bonds. The second kappa shape index (κ2) is 7.98. The van der Waals surface area contributed by atoms with Crippen molar-refractivity contribution in [1.29, 1.82) is 0 Å². The normalized spacial score (nSPS) is 10.8. The van der Waals surface area contributed by atoms with Gasteiger partial charge in [0.25, 0.3) is 6.43 Å². The summed E-state index contributed by atoms with van der Waals surface area (Å²) in [5, 5.41) is 11.5. The Balaban J connectivity index is 2.20. The van der Waals surface area contributed by atoms with Gasteiger partial charge in [0.1, 0.15) is 5.69 Å². The molecule has 0 saturated carbocycles. The number of nitrogens with one attached hydrogen (secondary N) is 1. The number of carbonyl (C=O) groups is 1. The van der Waals surface area contributed by atoms with E-state index >= 15 is 0 Å². The van der Waals surface area contributed by atoms with Crippen LogP contribution >= 0.6 is 11.3 Å². The Morgan fingerprint density at radius 1 is 1.43 bits per heavy atom. The van der Waals surface area contributed by atoms with Gasteiger partial charge in [0.05, 0.1) is 23.7 Å². The first-order chi connectivity index (χ1) is 11.0. The summed E-state index contributed by atoms with van der Waals surface area (Å²) < 4.78 is 25.1. The van der Waals surface area contributed by atoms with E-state index in [4.69, 9.17) is 5.11 Å². The molecule has 0 saturated heterocycles. The highest BCUT2D eigenvalue weighted by Gasteiger charge is 2.19. The molecular formula is C15H17F2N3O2S. The van der Waals surface area contributed by atoms with Gasteiger partial charge in [0.2, 0.25) is 0 Å². The quantitative estimate of drug-likeness (QED) is 0.848. The number of aryl methyl sites for hydroxylation is 1. The molecule has 0 aliphatic carbocycles. The molecule has 5 nitrogen and oxygen atoms in total. The van der Waals surface area contributed by atoms with Gasteiger partial charge in [-0.2, -0.15) is 0 Å². The molecule has 0 atom stereocenters. The smallest absolute Gasteiger partial charge is 0.322 e. The predicted molar refractivity (Wildman–Crippen MR) is 86.0 cm³/mol. The molecule has 0 aliphatic rings. The van der Waals surface area contributed by atoms with Gasteiger partial charge in [0.15, 0.2) is 0 Å². The standard InChI is InChI=1S/C15H17F2N3O2S/c1-10-4-5-12(23-10)14-11(3-2-6-18-14)19-15(22)20(7-8-21)9-13(16)17/h2-6,13,21H,7-9H2,1H3,(H,19,22). The van der Waals surface area contributed by atoms with E-state index in [-0.39, 0.29) is 13.2 Å². The van der Waals surface area contributed by atoms with Crippen molar-refractivity contribution in [2.45, 2.75) is 13.3 Å². The number of amides is 2. The molecule has 0 bridgehead atoms. The van der Waals surface area contributed by atoms with E-state index in [2.05, 4.69) is 10.3 Å². The number of hydrogen-bond acceptors (Lipinski definition) is 4. The summed E-state index contributed by atoms with van der Waals surface area (Å²) in [7, 11) is 0. The number of halogens is 2. The third kappa shape index (κ3) is 4.70. The number of nitrogens with zero attached hydrogens (tertiary/aromatic N) is 2. The first kappa shape index (κ1) is 17.3. The van der Waals surface area contributed by atoms with Crippen molar-refractivity contribution < 1.29 is 18.7 Å². The van der Waals surface area contributed by atoms with Gasteiger partial charge in [0, 0.05) is 17.6 Å². The number of aliphatic hydroxyl groups excluding tert-OH is 1. The van der Waals surface area contributed by atoms with Crippen LogP contribution in [0.4, 0.5) is 19.3 Å². The minimum Gasteiger partial charge on any atom is -0.395 e. The van der Waals surface area contributed by atoms with Gasteiger partial charge in [-0.05, 0) is 31.2 Å². The van der Waals surface area contributed by atoms with Crippen LogP contribution in [0.5, 0.6) is 0 Å². The molecule has 2 heterocycles. The zero-order valence-corrected chi connectivity index (χ0v) is 13.3. The number of hydrogen-bond donors (Lipinski definition) is 2. The van der Waals surface area contributed by atoms with Gasteiger partial charge in [-0.25, -0.2) is 13.6 Å². The Bertz CT molecular complexity index is 664. The van der Waals surface area contributed by atoms with E-state index in [0.29, 0.717) is 11.4 Å². The van der Waals surface area contributed by atoms with E-state index in [1.54, 1.807) is 18.3 Å². The van der Waals surface area contributed by atoms with Gasteiger partial charge in [-0.1, -0.05) is 0 Å². The SMILES string of the molecule is Cc1ccc(-c2ncccc2NC(=O)N(CCO)CC(F)F)s1. The summed E-state index contributed by atoms with van der Waals surface area (Å²) >= 11 is 1.52. The third-order valence-electron chi connectivity index (χ3n) is 3.04. The lowest BCUT2D eigenvalue weighted by molar-refractivity contribution is 0.0943. The maximum Gasteiger partial charge on any atom is 0.322 e. The molecular weight excluding hydrogens is 324 g/mol. The van der Waals surface area contributed by atoms with Crippen molar-refractivity contribution in [3.05, 3.63) is 35.3 Å². The van der Waals surface area contributed by atoms with Crippen LogP contribution in [0.2, 0.25) is 0 Å². The number of aromatic nitrogens is 1. The maximum atomic E-state index is 12.5. The molecule has 2 aromatic heterocycles. The van der Waals surface area contributed by atoms with Crippen molar-refractivity contribution >= 4 is 23.1 Å². The summed E-state index contributed by atoms with van der Waals surface area (Å²) in [6.07, 6.45) is -1.06. The van der Waals surface area contributed by atoms with Crippen molar-refractivity contribution in [3.8, 4) is 10.6 Å². The zero-order valence-electron chi connectivity index (χ0n) is 12.5. The van der Waals surface area contributed by atoms with Crippen molar-refractivity contribution in [1.82, 2.24) is 9.88 Å². The lowest BCUT2D eigenvalue weighted by Crippen LogP contribution is -2.40.